The van der Waals surface area contributed by atoms with Gasteiger partial charge in [0.2, 0.25) is 5.91 Å². The molecule has 2 aliphatic rings. The van der Waals surface area contributed by atoms with Crippen LogP contribution in [0.2, 0.25) is 0 Å². The van der Waals surface area contributed by atoms with E-state index < -0.39 is 6.10 Å². The summed E-state index contributed by atoms with van der Waals surface area (Å²) in [5, 5.41) is 9.43. The summed E-state index contributed by atoms with van der Waals surface area (Å²) in [6.07, 6.45) is 5.01. The zero-order valence-corrected chi connectivity index (χ0v) is 10.8. The third-order valence-electron chi connectivity index (χ3n) is 4.07. The number of amides is 1. The number of aliphatic hydroxyl groups is 1. The normalized spacial score (nSPS) is 31.2. The molecule has 2 fully saturated rings. The monoisotopic (exact) mass is 240 g/mol. The summed E-state index contributed by atoms with van der Waals surface area (Å²) in [5.41, 5.74) is 0. The van der Waals surface area contributed by atoms with E-state index in [0.717, 1.165) is 13.1 Å². The van der Waals surface area contributed by atoms with E-state index in [-0.39, 0.29) is 5.91 Å². The van der Waals surface area contributed by atoms with Gasteiger partial charge in [-0.05, 0) is 25.8 Å². The van der Waals surface area contributed by atoms with Crippen LogP contribution in [-0.4, -0.2) is 59.1 Å². The van der Waals surface area contributed by atoms with E-state index in [1.54, 1.807) is 0 Å². The predicted molar refractivity (Wildman–Crippen MR) is 66.7 cm³/mol. The fourth-order valence-corrected chi connectivity index (χ4v) is 3.03. The molecule has 0 aromatic carbocycles. The standard InChI is InChI=1S/C13H24N2O2/c1-2-11-5-3-4-6-14(11)7-8-15-10-12(16)9-13(15)17/h11-12,16H,2-10H2,1H3. The zero-order valence-electron chi connectivity index (χ0n) is 10.8. The highest BCUT2D eigenvalue weighted by molar-refractivity contribution is 5.78. The number of nitrogens with zero attached hydrogens (tertiary/aromatic N) is 2. The summed E-state index contributed by atoms with van der Waals surface area (Å²) in [6, 6.07) is 0.700. The zero-order chi connectivity index (χ0) is 12.3. The third kappa shape index (κ3) is 3.19. The van der Waals surface area contributed by atoms with Crippen molar-refractivity contribution in [3.05, 3.63) is 0 Å². The highest BCUT2D eigenvalue weighted by Gasteiger charge is 2.29. The second kappa shape index (κ2) is 5.83. The number of carbonyl (C=O) groups is 1. The Morgan fingerprint density at radius 1 is 1.35 bits per heavy atom. The van der Waals surface area contributed by atoms with E-state index in [9.17, 15) is 9.90 Å². The molecule has 0 bridgehead atoms. The van der Waals surface area contributed by atoms with Crippen LogP contribution >= 0.6 is 0 Å². The van der Waals surface area contributed by atoms with Gasteiger partial charge in [0.25, 0.3) is 0 Å². The van der Waals surface area contributed by atoms with Crippen LogP contribution in [0.3, 0.4) is 0 Å². The van der Waals surface area contributed by atoms with E-state index in [1.165, 1.54) is 32.2 Å². The Morgan fingerprint density at radius 2 is 2.18 bits per heavy atom. The van der Waals surface area contributed by atoms with E-state index in [1.807, 2.05) is 4.90 Å². The first-order valence-corrected chi connectivity index (χ1v) is 6.90. The maximum absolute atomic E-state index is 11.6. The van der Waals surface area contributed by atoms with Crippen molar-refractivity contribution in [2.24, 2.45) is 0 Å². The molecule has 4 heteroatoms. The van der Waals surface area contributed by atoms with Crippen molar-refractivity contribution in [3.8, 4) is 0 Å². The van der Waals surface area contributed by atoms with Crippen LogP contribution < -0.4 is 0 Å². The van der Waals surface area contributed by atoms with Crippen LogP contribution in [0.15, 0.2) is 0 Å². The second-order valence-corrected chi connectivity index (χ2v) is 5.29. The molecule has 2 rings (SSSR count). The molecular weight excluding hydrogens is 216 g/mol. The first kappa shape index (κ1) is 12.8. The number of hydrogen-bond acceptors (Lipinski definition) is 3. The molecule has 2 heterocycles. The molecule has 0 aromatic heterocycles. The van der Waals surface area contributed by atoms with E-state index in [2.05, 4.69) is 11.8 Å². The summed E-state index contributed by atoms with van der Waals surface area (Å²) in [6.45, 7) is 5.70. The van der Waals surface area contributed by atoms with Crippen LogP contribution in [0, 0.1) is 0 Å². The van der Waals surface area contributed by atoms with Crippen molar-refractivity contribution in [2.45, 2.75) is 51.2 Å². The predicted octanol–water partition coefficient (Wildman–Crippen LogP) is 0.844. The minimum absolute atomic E-state index is 0.113. The Labute approximate surface area is 104 Å². The van der Waals surface area contributed by atoms with Gasteiger partial charge < -0.3 is 10.0 Å². The SMILES string of the molecule is CCC1CCCCN1CCN1CC(O)CC1=O. The number of β-amino-alcohol motifs (C(OH)–C–C–N with tert-alkyl or cyclic N) is 1. The van der Waals surface area contributed by atoms with Crippen molar-refractivity contribution in [3.63, 3.8) is 0 Å². The van der Waals surface area contributed by atoms with Crippen LogP contribution in [0.5, 0.6) is 0 Å². The average molecular weight is 240 g/mol. The van der Waals surface area contributed by atoms with Crippen LogP contribution in [-0.2, 0) is 4.79 Å². The lowest BCUT2D eigenvalue weighted by molar-refractivity contribution is -0.128. The first-order valence-electron chi connectivity index (χ1n) is 6.90. The summed E-state index contributed by atoms with van der Waals surface area (Å²) in [4.78, 5) is 15.9. The van der Waals surface area contributed by atoms with E-state index >= 15 is 0 Å². The highest BCUT2D eigenvalue weighted by atomic mass is 16.3. The molecule has 0 spiro atoms. The van der Waals surface area contributed by atoms with Gasteiger partial charge in [-0.25, -0.2) is 0 Å². The molecular formula is C13H24N2O2. The number of carbonyl (C=O) groups excluding carboxylic acids is 1. The molecule has 2 aliphatic heterocycles. The third-order valence-corrected chi connectivity index (χ3v) is 4.07. The number of likely N-dealkylation sites (tertiary alicyclic amines) is 2. The fourth-order valence-electron chi connectivity index (χ4n) is 3.03. The Kier molecular flexibility index (Phi) is 4.40. The smallest absolute Gasteiger partial charge is 0.225 e. The van der Waals surface area contributed by atoms with Crippen LogP contribution in [0.4, 0.5) is 0 Å². The Hall–Kier alpha value is -0.610. The minimum Gasteiger partial charge on any atom is -0.391 e. The summed E-state index contributed by atoms with van der Waals surface area (Å²) >= 11 is 0. The van der Waals surface area contributed by atoms with Crippen molar-refractivity contribution >= 4 is 5.91 Å². The molecule has 0 aliphatic carbocycles. The minimum atomic E-state index is -0.439. The Bertz CT molecular complexity index is 270. The van der Waals surface area contributed by atoms with Crippen molar-refractivity contribution < 1.29 is 9.90 Å². The van der Waals surface area contributed by atoms with Gasteiger partial charge in [0.05, 0.1) is 12.5 Å². The Balaban J connectivity index is 1.78. The van der Waals surface area contributed by atoms with Gasteiger partial charge in [0, 0.05) is 25.7 Å². The molecule has 0 radical (unpaired) electrons. The van der Waals surface area contributed by atoms with Gasteiger partial charge in [-0.2, -0.15) is 0 Å². The van der Waals surface area contributed by atoms with E-state index in [0.29, 0.717) is 19.0 Å². The number of hydrogen-bond donors (Lipinski definition) is 1. The van der Waals surface area contributed by atoms with Gasteiger partial charge in [0.15, 0.2) is 0 Å². The lowest BCUT2D eigenvalue weighted by Crippen LogP contribution is -2.44. The molecule has 4 nitrogen and oxygen atoms in total. The van der Waals surface area contributed by atoms with Gasteiger partial charge >= 0.3 is 0 Å². The Morgan fingerprint density at radius 3 is 2.82 bits per heavy atom. The van der Waals surface area contributed by atoms with Gasteiger partial charge in [0.1, 0.15) is 0 Å². The molecule has 0 aromatic rings. The van der Waals surface area contributed by atoms with Gasteiger partial charge in [-0.3, -0.25) is 9.69 Å². The number of aliphatic hydroxyl groups excluding tert-OH is 1. The quantitative estimate of drug-likeness (QED) is 0.792. The van der Waals surface area contributed by atoms with Gasteiger partial charge in [-0.15, -0.1) is 0 Å². The highest BCUT2D eigenvalue weighted by Crippen LogP contribution is 2.19. The van der Waals surface area contributed by atoms with Crippen LogP contribution in [0.25, 0.3) is 0 Å². The van der Waals surface area contributed by atoms with Crippen molar-refractivity contribution in [1.82, 2.24) is 9.80 Å². The number of rotatable bonds is 4. The summed E-state index contributed by atoms with van der Waals surface area (Å²) in [7, 11) is 0. The second-order valence-electron chi connectivity index (χ2n) is 5.29. The summed E-state index contributed by atoms with van der Waals surface area (Å²) in [5.74, 6) is 0.113. The molecule has 2 atom stereocenters. The molecule has 2 unspecified atom stereocenters. The van der Waals surface area contributed by atoms with Crippen molar-refractivity contribution in [2.75, 3.05) is 26.2 Å². The van der Waals surface area contributed by atoms with Gasteiger partial charge in [-0.1, -0.05) is 13.3 Å². The lowest BCUT2D eigenvalue weighted by atomic mass is 10.0. The molecule has 17 heavy (non-hydrogen) atoms. The van der Waals surface area contributed by atoms with Crippen LogP contribution in [0.1, 0.15) is 39.0 Å². The molecule has 1 amide bonds. The molecule has 98 valence electrons. The number of piperidine rings is 1. The topological polar surface area (TPSA) is 43.8 Å². The maximum Gasteiger partial charge on any atom is 0.225 e. The largest absolute Gasteiger partial charge is 0.391 e. The van der Waals surface area contributed by atoms with E-state index in [4.69, 9.17) is 0 Å². The molecule has 0 saturated carbocycles. The van der Waals surface area contributed by atoms with Crippen molar-refractivity contribution in [1.29, 1.82) is 0 Å². The fraction of sp³-hybridized carbons (Fsp3) is 0.923. The molecule has 1 N–H and O–H groups in total. The molecule has 2 saturated heterocycles. The maximum atomic E-state index is 11.6. The average Bonchev–Trinajstić information content (AvgIpc) is 2.65. The first-order chi connectivity index (χ1) is 8.20. The summed E-state index contributed by atoms with van der Waals surface area (Å²) < 4.78 is 0. The lowest BCUT2D eigenvalue weighted by Gasteiger charge is -2.36.